The molecule has 2 rings (SSSR count). The first-order chi connectivity index (χ1) is 12.0. The van der Waals surface area contributed by atoms with E-state index >= 15 is 0 Å². The second kappa shape index (κ2) is 8.35. The van der Waals surface area contributed by atoms with E-state index in [2.05, 4.69) is 5.32 Å². The van der Waals surface area contributed by atoms with E-state index in [1.807, 2.05) is 6.07 Å². The number of esters is 1. The van der Waals surface area contributed by atoms with E-state index in [4.69, 9.17) is 10.00 Å². The number of rotatable bonds is 5. The molecule has 0 radical (unpaired) electrons. The summed E-state index contributed by atoms with van der Waals surface area (Å²) in [5.74, 6) is -1.13. The Balaban J connectivity index is 2.18. The molecule has 0 spiro atoms. The van der Waals surface area contributed by atoms with E-state index in [0.717, 1.165) is 0 Å². The smallest absolute Gasteiger partial charge is 0.333 e. The van der Waals surface area contributed by atoms with Crippen LogP contribution in [0.3, 0.4) is 0 Å². The van der Waals surface area contributed by atoms with Crippen LogP contribution in [0, 0.1) is 11.3 Å². The molecule has 1 aromatic rings. The molecule has 8 heteroatoms. The van der Waals surface area contributed by atoms with Crippen LogP contribution in [0.1, 0.15) is 19.4 Å². The van der Waals surface area contributed by atoms with Gasteiger partial charge in [-0.2, -0.15) is 5.26 Å². The topological polar surface area (TPSA) is 99.5 Å². The largest absolute Gasteiger partial charge is 0.463 e. The molecule has 0 saturated carbocycles. The summed E-state index contributed by atoms with van der Waals surface area (Å²) >= 11 is 1.18. The lowest BCUT2D eigenvalue weighted by atomic mass is 10.2. The average Bonchev–Trinajstić information content (AvgIpc) is 2.95. The molecule has 1 N–H and O–H groups in total. The van der Waals surface area contributed by atoms with Crippen LogP contribution in [0.25, 0.3) is 0 Å². The molecule has 2 amide bonds. The van der Waals surface area contributed by atoms with Gasteiger partial charge in [0.05, 0.1) is 34.7 Å². The first kappa shape index (κ1) is 18.5. The van der Waals surface area contributed by atoms with Gasteiger partial charge in [0.15, 0.2) is 0 Å². The number of amides is 2. The minimum Gasteiger partial charge on any atom is -0.463 e. The quantitative estimate of drug-likeness (QED) is 0.636. The van der Waals surface area contributed by atoms with E-state index < -0.39 is 17.9 Å². The van der Waals surface area contributed by atoms with Gasteiger partial charge in [-0.05, 0) is 26.0 Å². The summed E-state index contributed by atoms with van der Waals surface area (Å²) in [6, 6.07) is 7.75. The molecule has 1 atom stereocenters. The van der Waals surface area contributed by atoms with E-state index in [0.29, 0.717) is 16.3 Å². The average molecular weight is 359 g/mol. The molecular formula is C17H17N3O4S. The van der Waals surface area contributed by atoms with Gasteiger partial charge in [-0.15, -0.1) is 0 Å². The standard InChI is InChI=1S/C17H17N3O4S/c1-3-24-16(22)8-15-20(14(21)10-25-15)11(2)17(23)19-13-7-5-4-6-12(13)9-18/h4-8,11H,3,10H2,1-2H3,(H,19,23)/b15-8-/t11-/m1/s1. The number of anilines is 1. The molecule has 1 heterocycles. The van der Waals surface area contributed by atoms with Crippen molar-refractivity contribution in [2.45, 2.75) is 19.9 Å². The number of benzene rings is 1. The number of hydrogen-bond acceptors (Lipinski definition) is 6. The predicted molar refractivity (Wildman–Crippen MR) is 93.3 cm³/mol. The first-order valence-corrected chi connectivity index (χ1v) is 8.59. The minimum absolute atomic E-state index is 0.150. The Labute approximate surface area is 149 Å². The number of thioether (sulfide) groups is 1. The summed E-state index contributed by atoms with van der Waals surface area (Å²) in [4.78, 5) is 37.5. The Hall–Kier alpha value is -2.79. The molecule has 1 fully saturated rings. The van der Waals surface area contributed by atoms with Crippen molar-refractivity contribution in [3.8, 4) is 6.07 Å². The van der Waals surface area contributed by atoms with Gasteiger partial charge in [-0.3, -0.25) is 14.5 Å². The number of carbonyl (C=O) groups excluding carboxylic acids is 3. The SMILES string of the molecule is CCOC(=O)/C=C1\SCC(=O)N1[C@H](C)C(=O)Nc1ccccc1C#N. The molecule has 1 aromatic carbocycles. The number of para-hydroxylation sites is 1. The van der Waals surface area contributed by atoms with Crippen molar-refractivity contribution in [3.05, 3.63) is 40.9 Å². The third-order valence-electron chi connectivity index (χ3n) is 3.45. The fourth-order valence-electron chi connectivity index (χ4n) is 2.24. The zero-order chi connectivity index (χ0) is 18.4. The van der Waals surface area contributed by atoms with Crippen molar-refractivity contribution in [1.29, 1.82) is 5.26 Å². The monoisotopic (exact) mass is 359 g/mol. The van der Waals surface area contributed by atoms with Gasteiger partial charge in [0.2, 0.25) is 11.8 Å². The molecule has 25 heavy (non-hydrogen) atoms. The second-order valence-corrected chi connectivity index (χ2v) is 6.11. The first-order valence-electron chi connectivity index (χ1n) is 7.61. The van der Waals surface area contributed by atoms with Crippen LogP contribution < -0.4 is 5.32 Å². The number of hydrogen-bond donors (Lipinski definition) is 1. The lowest BCUT2D eigenvalue weighted by Crippen LogP contribution is -2.42. The summed E-state index contributed by atoms with van der Waals surface area (Å²) in [7, 11) is 0. The van der Waals surface area contributed by atoms with Gasteiger partial charge in [-0.25, -0.2) is 4.79 Å². The van der Waals surface area contributed by atoms with Gasteiger partial charge in [0.1, 0.15) is 12.1 Å². The maximum Gasteiger partial charge on any atom is 0.333 e. The molecule has 1 aliphatic heterocycles. The molecule has 130 valence electrons. The third-order valence-corrected chi connectivity index (χ3v) is 4.45. The Morgan fingerprint density at radius 1 is 1.48 bits per heavy atom. The molecule has 1 aliphatic rings. The maximum atomic E-state index is 12.5. The Morgan fingerprint density at radius 3 is 2.88 bits per heavy atom. The number of carbonyl (C=O) groups is 3. The highest BCUT2D eigenvalue weighted by atomic mass is 32.2. The summed E-state index contributed by atoms with van der Waals surface area (Å²) in [6.07, 6.45) is 1.21. The van der Waals surface area contributed by atoms with Gasteiger partial charge >= 0.3 is 5.97 Å². The van der Waals surface area contributed by atoms with Crippen LogP contribution in [0.2, 0.25) is 0 Å². The predicted octanol–water partition coefficient (Wildman–Crippen LogP) is 1.87. The highest BCUT2D eigenvalue weighted by molar-refractivity contribution is 8.04. The highest BCUT2D eigenvalue weighted by Gasteiger charge is 2.35. The Kier molecular flexibility index (Phi) is 6.19. The molecule has 0 aromatic heterocycles. The number of nitriles is 1. The lowest BCUT2D eigenvalue weighted by Gasteiger charge is -2.24. The Bertz CT molecular complexity index is 769. The summed E-state index contributed by atoms with van der Waals surface area (Å²) in [6.45, 7) is 3.47. The van der Waals surface area contributed by atoms with Gasteiger partial charge in [0, 0.05) is 0 Å². The summed E-state index contributed by atoms with van der Waals surface area (Å²) in [5.41, 5.74) is 0.699. The fourth-order valence-corrected chi connectivity index (χ4v) is 3.23. The second-order valence-electron chi connectivity index (χ2n) is 5.11. The van der Waals surface area contributed by atoms with Gasteiger partial charge in [-0.1, -0.05) is 23.9 Å². The highest BCUT2D eigenvalue weighted by Crippen LogP contribution is 2.31. The lowest BCUT2D eigenvalue weighted by molar-refractivity contribution is -0.137. The van der Waals surface area contributed by atoms with Gasteiger partial charge in [0.25, 0.3) is 0 Å². The Morgan fingerprint density at radius 2 is 2.20 bits per heavy atom. The van der Waals surface area contributed by atoms with Crippen LogP contribution >= 0.6 is 11.8 Å². The van der Waals surface area contributed by atoms with Crippen LogP contribution in [-0.2, 0) is 19.1 Å². The number of nitrogens with zero attached hydrogens (tertiary/aromatic N) is 2. The normalized spacial score (nSPS) is 16.4. The molecule has 0 bridgehead atoms. The number of nitrogens with one attached hydrogen (secondary N) is 1. The van der Waals surface area contributed by atoms with Crippen LogP contribution in [0.5, 0.6) is 0 Å². The van der Waals surface area contributed by atoms with Crippen molar-refractivity contribution in [1.82, 2.24) is 4.90 Å². The van der Waals surface area contributed by atoms with Crippen molar-refractivity contribution < 1.29 is 19.1 Å². The van der Waals surface area contributed by atoms with E-state index in [1.54, 1.807) is 38.1 Å². The fraction of sp³-hybridized carbons (Fsp3) is 0.294. The maximum absolute atomic E-state index is 12.5. The van der Waals surface area contributed by atoms with Gasteiger partial charge < -0.3 is 10.1 Å². The van der Waals surface area contributed by atoms with Crippen LogP contribution in [0.15, 0.2) is 35.4 Å². The number of ether oxygens (including phenoxy) is 1. The van der Waals surface area contributed by atoms with Crippen molar-refractivity contribution >= 4 is 35.2 Å². The molecule has 7 nitrogen and oxygen atoms in total. The van der Waals surface area contributed by atoms with Crippen LogP contribution in [-0.4, -0.2) is 41.1 Å². The van der Waals surface area contributed by atoms with Crippen LogP contribution in [0.4, 0.5) is 5.69 Å². The van der Waals surface area contributed by atoms with E-state index in [-0.39, 0.29) is 18.3 Å². The molecule has 1 saturated heterocycles. The molecule has 0 unspecified atom stereocenters. The molecular weight excluding hydrogens is 342 g/mol. The van der Waals surface area contributed by atoms with Crippen molar-refractivity contribution in [3.63, 3.8) is 0 Å². The minimum atomic E-state index is -0.838. The zero-order valence-corrected chi connectivity index (χ0v) is 14.6. The summed E-state index contributed by atoms with van der Waals surface area (Å²) in [5, 5.41) is 12.1. The van der Waals surface area contributed by atoms with Crippen molar-refractivity contribution in [2.75, 3.05) is 17.7 Å². The van der Waals surface area contributed by atoms with E-state index in [9.17, 15) is 14.4 Å². The van der Waals surface area contributed by atoms with Crippen molar-refractivity contribution in [2.24, 2.45) is 0 Å². The third kappa shape index (κ3) is 4.39. The zero-order valence-electron chi connectivity index (χ0n) is 13.8. The molecule has 0 aliphatic carbocycles. The summed E-state index contributed by atoms with van der Waals surface area (Å²) < 4.78 is 4.85. The van der Waals surface area contributed by atoms with E-state index in [1.165, 1.54) is 22.7 Å².